The van der Waals surface area contributed by atoms with Crippen molar-refractivity contribution in [3.8, 4) is 0 Å². The van der Waals surface area contributed by atoms with Crippen LogP contribution in [0.5, 0.6) is 0 Å². The van der Waals surface area contributed by atoms with Gasteiger partial charge in [-0.25, -0.2) is 0 Å². The Hall–Kier alpha value is -0.0800. The zero-order chi connectivity index (χ0) is 13.9. The third-order valence-corrected chi connectivity index (χ3v) is 5.24. The van der Waals surface area contributed by atoms with E-state index in [1.54, 1.807) is 0 Å². The molecular weight excluding hydrogens is 220 g/mol. The fourth-order valence-corrected chi connectivity index (χ4v) is 3.01. The van der Waals surface area contributed by atoms with Crippen LogP contribution in [0.2, 0.25) is 0 Å². The van der Waals surface area contributed by atoms with E-state index < -0.39 is 0 Å². The third kappa shape index (κ3) is 3.48. The van der Waals surface area contributed by atoms with Crippen LogP contribution in [-0.4, -0.2) is 35.6 Å². The van der Waals surface area contributed by atoms with E-state index in [2.05, 4.69) is 58.7 Å². The van der Waals surface area contributed by atoms with E-state index in [1.165, 1.54) is 19.4 Å². The van der Waals surface area contributed by atoms with Crippen molar-refractivity contribution < 1.29 is 0 Å². The second-order valence-corrected chi connectivity index (χ2v) is 6.90. The normalized spacial score (nSPS) is 33.7. The van der Waals surface area contributed by atoms with Gasteiger partial charge in [-0.3, -0.25) is 4.90 Å². The quantitative estimate of drug-likeness (QED) is 0.807. The highest BCUT2D eigenvalue weighted by atomic mass is 15.3. The zero-order valence-electron chi connectivity index (χ0n) is 13.6. The lowest BCUT2D eigenvalue weighted by Crippen LogP contribution is -2.66. The molecule has 0 saturated carbocycles. The Bertz CT molecular complexity index is 251. The Morgan fingerprint density at radius 3 is 2.28 bits per heavy atom. The average molecular weight is 254 g/mol. The Kier molecular flexibility index (Phi) is 5.67. The summed E-state index contributed by atoms with van der Waals surface area (Å²) in [5.74, 6) is 1.51. The number of nitrogens with zero attached hydrogens (tertiary/aromatic N) is 1. The van der Waals surface area contributed by atoms with Crippen molar-refractivity contribution in [3.63, 3.8) is 0 Å². The molecule has 4 atom stereocenters. The molecule has 0 aromatic rings. The van der Waals surface area contributed by atoms with E-state index in [9.17, 15) is 0 Å². The Morgan fingerprint density at radius 2 is 1.83 bits per heavy atom. The molecule has 108 valence electrons. The minimum atomic E-state index is 0.299. The maximum absolute atomic E-state index is 3.78. The Morgan fingerprint density at radius 1 is 1.22 bits per heavy atom. The van der Waals surface area contributed by atoms with Crippen LogP contribution < -0.4 is 5.32 Å². The van der Waals surface area contributed by atoms with E-state index in [-0.39, 0.29) is 0 Å². The molecule has 0 aliphatic carbocycles. The maximum atomic E-state index is 3.78. The summed E-state index contributed by atoms with van der Waals surface area (Å²) in [6.07, 6.45) is 2.49. The molecule has 0 amide bonds. The van der Waals surface area contributed by atoms with Crippen molar-refractivity contribution in [2.24, 2.45) is 11.8 Å². The molecule has 2 nitrogen and oxygen atoms in total. The van der Waals surface area contributed by atoms with Crippen LogP contribution in [0, 0.1) is 11.8 Å². The summed E-state index contributed by atoms with van der Waals surface area (Å²) in [7, 11) is 0. The Balaban J connectivity index is 2.84. The number of nitrogens with one attached hydrogen (secondary N) is 1. The summed E-state index contributed by atoms with van der Waals surface area (Å²) in [5.41, 5.74) is 0.299. The number of rotatable bonds is 5. The van der Waals surface area contributed by atoms with Crippen LogP contribution in [-0.2, 0) is 0 Å². The standard InChI is InChI=1S/C16H34N2/c1-8-13(5)14(6)18-11-16(7,9-2)17-10-15(18)12(3)4/h12-15,17H,8-11H2,1-7H3. The van der Waals surface area contributed by atoms with Gasteiger partial charge in [0.25, 0.3) is 0 Å². The van der Waals surface area contributed by atoms with Crippen molar-refractivity contribution in [3.05, 3.63) is 0 Å². The molecule has 2 heteroatoms. The molecule has 0 spiro atoms. The highest BCUT2D eigenvalue weighted by Crippen LogP contribution is 2.27. The Labute approximate surface area is 115 Å². The largest absolute Gasteiger partial charge is 0.309 e. The molecule has 0 bridgehead atoms. The van der Waals surface area contributed by atoms with Crippen molar-refractivity contribution >= 4 is 0 Å². The van der Waals surface area contributed by atoms with Gasteiger partial charge in [-0.2, -0.15) is 0 Å². The molecule has 1 heterocycles. The summed E-state index contributed by atoms with van der Waals surface area (Å²) in [6, 6.07) is 1.38. The van der Waals surface area contributed by atoms with Crippen molar-refractivity contribution in [2.45, 2.75) is 78.9 Å². The van der Waals surface area contributed by atoms with Gasteiger partial charge in [0.2, 0.25) is 0 Å². The topological polar surface area (TPSA) is 15.3 Å². The van der Waals surface area contributed by atoms with Crippen LogP contribution in [0.4, 0.5) is 0 Å². The van der Waals surface area contributed by atoms with Crippen molar-refractivity contribution in [1.29, 1.82) is 0 Å². The molecule has 1 fully saturated rings. The first kappa shape index (κ1) is 16.0. The number of piperazine rings is 1. The van der Waals surface area contributed by atoms with Gasteiger partial charge in [0, 0.05) is 30.7 Å². The smallest absolute Gasteiger partial charge is 0.0278 e. The highest BCUT2D eigenvalue weighted by molar-refractivity contribution is 4.97. The number of hydrogen-bond donors (Lipinski definition) is 1. The van der Waals surface area contributed by atoms with Gasteiger partial charge < -0.3 is 5.32 Å². The maximum Gasteiger partial charge on any atom is 0.0278 e. The van der Waals surface area contributed by atoms with Gasteiger partial charge in [-0.15, -0.1) is 0 Å². The van der Waals surface area contributed by atoms with Gasteiger partial charge in [-0.05, 0) is 32.1 Å². The van der Waals surface area contributed by atoms with Gasteiger partial charge in [0.15, 0.2) is 0 Å². The lowest BCUT2D eigenvalue weighted by molar-refractivity contribution is 0.0121. The summed E-state index contributed by atoms with van der Waals surface area (Å²) in [4.78, 5) is 2.78. The van der Waals surface area contributed by atoms with E-state index in [0.717, 1.165) is 18.4 Å². The van der Waals surface area contributed by atoms with E-state index in [0.29, 0.717) is 17.6 Å². The lowest BCUT2D eigenvalue weighted by atomic mass is 9.86. The SMILES string of the molecule is CCC(C)C(C)N1CC(C)(CC)NCC1C(C)C. The fraction of sp³-hybridized carbons (Fsp3) is 1.00. The van der Waals surface area contributed by atoms with Crippen LogP contribution >= 0.6 is 0 Å². The number of hydrogen-bond acceptors (Lipinski definition) is 2. The predicted molar refractivity (Wildman–Crippen MR) is 80.9 cm³/mol. The van der Waals surface area contributed by atoms with Crippen LogP contribution in [0.25, 0.3) is 0 Å². The van der Waals surface area contributed by atoms with Crippen LogP contribution in [0.15, 0.2) is 0 Å². The first-order valence-electron chi connectivity index (χ1n) is 7.85. The van der Waals surface area contributed by atoms with Crippen molar-refractivity contribution in [2.75, 3.05) is 13.1 Å². The monoisotopic (exact) mass is 254 g/mol. The van der Waals surface area contributed by atoms with Crippen molar-refractivity contribution in [1.82, 2.24) is 10.2 Å². The van der Waals surface area contributed by atoms with Gasteiger partial charge in [-0.1, -0.05) is 41.0 Å². The third-order valence-electron chi connectivity index (χ3n) is 5.24. The minimum absolute atomic E-state index is 0.299. The molecule has 1 saturated heterocycles. The first-order valence-corrected chi connectivity index (χ1v) is 7.85. The van der Waals surface area contributed by atoms with E-state index >= 15 is 0 Å². The van der Waals surface area contributed by atoms with Crippen LogP contribution in [0.3, 0.4) is 0 Å². The van der Waals surface area contributed by atoms with E-state index in [4.69, 9.17) is 0 Å². The summed E-state index contributed by atoms with van der Waals surface area (Å²) in [6.45, 7) is 18.9. The second-order valence-electron chi connectivity index (χ2n) is 6.90. The summed E-state index contributed by atoms with van der Waals surface area (Å²) in [5, 5.41) is 3.78. The molecule has 0 radical (unpaired) electrons. The zero-order valence-corrected chi connectivity index (χ0v) is 13.6. The molecule has 1 aliphatic heterocycles. The second kappa shape index (κ2) is 6.38. The van der Waals surface area contributed by atoms with Gasteiger partial charge in [0.05, 0.1) is 0 Å². The molecular formula is C16H34N2. The van der Waals surface area contributed by atoms with Gasteiger partial charge >= 0.3 is 0 Å². The molecule has 0 aromatic carbocycles. The molecule has 0 aromatic heterocycles. The van der Waals surface area contributed by atoms with Gasteiger partial charge in [0.1, 0.15) is 0 Å². The molecule has 4 unspecified atom stereocenters. The highest BCUT2D eigenvalue weighted by Gasteiger charge is 2.38. The predicted octanol–water partition coefficient (Wildman–Crippen LogP) is 3.52. The molecule has 1 N–H and O–H groups in total. The lowest BCUT2D eigenvalue weighted by Gasteiger charge is -2.51. The van der Waals surface area contributed by atoms with Crippen LogP contribution in [0.1, 0.15) is 61.3 Å². The fourth-order valence-electron chi connectivity index (χ4n) is 3.01. The molecule has 1 rings (SSSR count). The summed E-state index contributed by atoms with van der Waals surface area (Å²) >= 11 is 0. The van der Waals surface area contributed by atoms with E-state index in [1.807, 2.05) is 0 Å². The average Bonchev–Trinajstić information content (AvgIpc) is 2.36. The first-order chi connectivity index (χ1) is 8.34. The summed E-state index contributed by atoms with van der Waals surface area (Å²) < 4.78 is 0. The molecule has 1 aliphatic rings. The minimum Gasteiger partial charge on any atom is -0.309 e. The molecule has 18 heavy (non-hydrogen) atoms.